The van der Waals surface area contributed by atoms with Crippen LogP contribution in [-0.4, -0.2) is 14.1 Å². The average molecular weight is 601 g/mol. The van der Waals surface area contributed by atoms with E-state index in [1.54, 1.807) is 0 Å². The molecule has 0 aliphatic rings. The molecule has 47 heavy (non-hydrogen) atoms. The van der Waals surface area contributed by atoms with Crippen LogP contribution < -0.4 is 0 Å². The van der Waals surface area contributed by atoms with Crippen LogP contribution in [0.15, 0.2) is 150 Å². The van der Waals surface area contributed by atoms with Crippen LogP contribution in [0.25, 0.3) is 88.2 Å². The Balaban J connectivity index is 1.17. The Morgan fingerprint density at radius 2 is 1.21 bits per heavy atom. The molecule has 4 aromatic heterocycles. The predicted octanol–water partition coefficient (Wildman–Crippen LogP) is 10.7. The van der Waals surface area contributed by atoms with Gasteiger partial charge in [0.1, 0.15) is 16.8 Å². The van der Waals surface area contributed by atoms with Crippen molar-refractivity contribution in [3.05, 3.63) is 151 Å². The molecule has 0 aliphatic carbocycles. The minimum atomic E-state index is 0.659. The number of nitrogens with zero attached hydrogens (tertiary/aromatic N) is 4. The number of hydrogen-bond donors (Lipinski definition) is 0. The third-order valence-electron chi connectivity index (χ3n) is 9.37. The summed E-state index contributed by atoms with van der Waals surface area (Å²) in [5.74, 6) is 0. The van der Waals surface area contributed by atoms with Gasteiger partial charge < -0.3 is 8.98 Å². The average Bonchev–Trinajstić information content (AvgIpc) is 3.79. The second kappa shape index (κ2) is 9.68. The molecule has 0 radical (unpaired) electrons. The van der Waals surface area contributed by atoms with Crippen LogP contribution in [0, 0.1) is 11.3 Å². The summed E-state index contributed by atoms with van der Waals surface area (Å²) in [6, 6.07) is 50.6. The van der Waals surface area contributed by atoms with Crippen LogP contribution >= 0.6 is 0 Å². The van der Waals surface area contributed by atoms with E-state index in [0.29, 0.717) is 5.56 Å². The van der Waals surface area contributed by atoms with Gasteiger partial charge in [-0.15, -0.1) is 0 Å². The number of pyridine rings is 1. The van der Waals surface area contributed by atoms with Gasteiger partial charge in [0.15, 0.2) is 0 Å². The molecular formula is C42H24N4O. The largest absolute Gasteiger partial charge is 0.456 e. The number of furan rings is 1. The maximum absolute atomic E-state index is 9.58. The van der Waals surface area contributed by atoms with Crippen LogP contribution in [0.5, 0.6) is 0 Å². The minimum Gasteiger partial charge on any atom is -0.456 e. The van der Waals surface area contributed by atoms with Crippen molar-refractivity contribution in [1.82, 2.24) is 14.1 Å². The Bertz CT molecular complexity index is 2930. The number of nitriles is 1. The standard InChI is InChI=1S/C42H24N4O/c43-25-26-17-18-36-34(22-26)31-12-1-3-15-35(31)45(36)29-10-5-8-27(23-29)28-9-6-11-30(24-28)46-37-19-20-39-41(32-13-2-4-16-38(32)47-39)40(37)33-14-7-21-44-42(33)46/h1-24H. The van der Waals surface area contributed by atoms with E-state index in [9.17, 15) is 5.26 Å². The van der Waals surface area contributed by atoms with E-state index in [1.807, 2.05) is 36.5 Å². The lowest BCUT2D eigenvalue weighted by Crippen LogP contribution is -1.96. The number of fused-ring (bicyclic) bond motifs is 10. The van der Waals surface area contributed by atoms with Gasteiger partial charge in [-0.3, -0.25) is 4.57 Å². The number of hydrogen-bond acceptors (Lipinski definition) is 3. The molecule has 5 nitrogen and oxygen atoms in total. The fourth-order valence-corrected chi connectivity index (χ4v) is 7.38. The summed E-state index contributed by atoms with van der Waals surface area (Å²) >= 11 is 0. The second-order valence-corrected chi connectivity index (χ2v) is 11.9. The van der Waals surface area contributed by atoms with Gasteiger partial charge >= 0.3 is 0 Å². The molecular weight excluding hydrogens is 576 g/mol. The van der Waals surface area contributed by atoms with Crippen LogP contribution in [0.1, 0.15) is 5.56 Å². The van der Waals surface area contributed by atoms with Gasteiger partial charge in [0, 0.05) is 49.9 Å². The van der Waals surface area contributed by atoms with Crippen molar-refractivity contribution in [3.8, 4) is 28.6 Å². The molecule has 0 fully saturated rings. The topological polar surface area (TPSA) is 59.7 Å². The van der Waals surface area contributed by atoms with E-state index in [1.165, 1.54) is 0 Å². The van der Waals surface area contributed by atoms with Gasteiger partial charge in [-0.05, 0) is 90.0 Å². The van der Waals surface area contributed by atoms with Crippen LogP contribution in [0.3, 0.4) is 0 Å². The summed E-state index contributed by atoms with van der Waals surface area (Å²) in [7, 11) is 0. The summed E-state index contributed by atoms with van der Waals surface area (Å²) in [6.45, 7) is 0. The highest BCUT2D eigenvalue weighted by molar-refractivity contribution is 6.27. The highest BCUT2D eigenvalue weighted by Crippen LogP contribution is 2.41. The van der Waals surface area contributed by atoms with Gasteiger partial charge in [0.25, 0.3) is 0 Å². The Hall–Kier alpha value is -6.64. The van der Waals surface area contributed by atoms with Gasteiger partial charge in [-0.2, -0.15) is 5.26 Å². The Kier molecular flexibility index (Phi) is 5.28. The number of aromatic nitrogens is 3. The normalized spacial score (nSPS) is 11.8. The summed E-state index contributed by atoms with van der Waals surface area (Å²) < 4.78 is 10.8. The van der Waals surface area contributed by atoms with Crippen molar-refractivity contribution in [3.63, 3.8) is 0 Å². The molecule has 0 saturated heterocycles. The zero-order valence-corrected chi connectivity index (χ0v) is 25.1. The molecule has 218 valence electrons. The summed E-state index contributed by atoms with van der Waals surface area (Å²) in [5, 5.41) is 16.2. The van der Waals surface area contributed by atoms with E-state index in [-0.39, 0.29) is 0 Å². The van der Waals surface area contributed by atoms with E-state index < -0.39 is 0 Å². The third kappa shape index (κ3) is 3.67. The minimum absolute atomic E-state index is 0.659. The highest BCUT2D eigenvalue weighted by atomic mass is 16.3. The van der Waals surface area contributed by atoms with Crippen molar-refractivity contribution < 1.29 is 4.42 Å². The van der Waals surface area contributed by atoms with Gasteiger partial charge in [-0.1, -0.05) is 60.7 Å². The molecule has 0 spiro atoms. The van der Waals surface area contributed by atoms with E-state index in [2.05, 4.69) is 124 Å². The molecule has 4 heterocycles. The van der Waals surface area contributed by atoms with Crippen molar-refractivity contribution in [2.24, 2.45) is 0 Å². The molecule has 0 N–H and O–H groups in total. The van der Waals surface area contributed by atoms with Crippen molar-refractivity contribution in [2.45, 2.75) is 0 Å². The summed E-state index contributed by atoms with van der Waals surface area (Å²) in [6.07, 6.45) is 1.86. The molecule has 10 aromatic rings. The van der Waals surface area contributed by atoms with Crippen LogP contribution in [0.4, 0.5) is 0 Å². The molecule has 10 rings (SSSR count). The molecule has 0 atom stereocenters. The van der Waals surface area contributed by atoms with Gasteiger partial charge in [0.2, 0.25) is 0 Å². The summed E-state index contributed by atoms with van der Waals surface area (Å²) in [4.78, 5) is 4.90. The van der Waals surface area contributed by atoms with Crippen molar-refractivity contribution in [2.75, 3.05) is 0 Å². The van der Waals surface area contributed by atoms with Crippen LogP contribution in [-0.2, 0) is 0 Å². The Labute approximate surface area is 268 Å². The van der Waals surface area contributed by atoms with E-state index in [0.717, 1.165) is 88.2 Å². The van der Waals surface area contributed by atoms with Crippen LogP contribution in [0.2, 0.25) is 0 Å². The number of para-hydroxylation sites is 2. The lowest BCUT2D eigenvalue weighted by molar-refractivity contribution is 0.669. The molecule has 5 heteroatoms. The Morgan fingerprint density at radius 1 is 0.511 bits per heavy atom. The molecule has 0 saturated carbocycles. The quantitative estimate of drug-likeness (QED) is 0.203. The fourth-order valence-electron chi connectivity index (χ4n) is 7.38. The first-order valence-corrected chi connectivity index (χ1v) is 15.6. The number of benzene rings is 6. The highest BCUT2D eigenvalue weighted by Gasteiger charge is 2.20. The molecule has 0 bridgehead atoms. The number of rotatable bonds is 3. The van der Waals surface area contributed by atoms with E-state index in [4.69, 9.17) is 9.40 Å². The first-order chi connectivity index (χ1) is 23.3. The molecule has 0 amide bonds. The lowest BCUT2D eigenvalue weighted by Gasteiger charge is -2.12. The zero-order valence-electron chi connectivity index (χ0n) is 25.1. The predicted molar refractivity (Wildman–Crippen MR) is 190 cm³/mol. The first-order valence-electron chi connectivity index (χ1n) is 15.6. The molecule has 0 unspecified atom stereocenters. The fraction of sp³-hybridized carbons (Fsp3) is 0. The summed E-state index contributed by atoms with van der Waals surface area (Å²) in [5.41, 5.74) is 10.9. The zero-order chi connectivity index (χ0) is 31.1. The molecule has 6 aromatic carbocycles. The molecule has 0 aliphatic heterocycles. The maximum atomic E-state index is 9.58. The van der Waals surface area contributed by atoms with Crippen molar-refractivity contribution >= 4 is 65.7 Å². The first kappa shape index (κ1) is 25.7. The Morgan fingerprint density at radius 3 is 2.04 bits per heavy atom. The van der Waals surface area contributed by atoms with Gasteiger partial charge in [-0.25, -0.2) is 4.98 Å². The smallest absolute Gasteiger partial charge is 0.145 e. The monoisotopic (exact) mass is 600 g/mol. The third-order valence-corrected chi connectivity index (χ3v) is 9.37. The van der Waals surface area contributed by atoms with Crippen molar-refractivity contribution in [1.29, 1.82) is 5.26 Å². The SMILES string of the molecule is N#Cc1ccc2c(c1)c1ccccc1n2-c1cccc(-c2cccc(-n3c4ccc5oc6ccccc6c5c4c4cccnc43)c2)c1. The second-order valence-electron chi connectivity index (χ2n) is 11.9. The maximum Gasteiger partial charge on any atom is 0.145 e. The van der Waals surface area contributed by atoms with E-state index >= 15 is 0 Å². The lowest BCUT2D eigenvalue weighted by atomic mass is 10.0. The van der Waals surface area contributed by atoms with Gasteiger partial charge in [0.05, 0.1) is 28.2 Å².